The van der Waals surface area contributed by atoms with Crippen LogP contribution < -0.4 is 10.6 Å². The number of anilines is 1. The van der Waals surface area contributed by atoms with Gasteiger partial charge in [0.15, 0.2) is 0 Å². The maximum absolute atomic E-state index is 3.83. The molecule has 1 aromatic carbocycles. The van der Waals surface area contributed by atoms with Crippen molar-refractivity contribution in [2.24, 2.45) is 0 Å². The third-order valence-corrected chi connectivity index (χ3v) is 4.78. The van der Waals surface area contributed by atoms with E-state index in [2.05, 4.69) is 35.8 Å². The van der Waals surface area contributed by atoms with E-state index in [1.165, 1.54) is 61.8 Å². The minimum absolute atomic E-state index is 0.590. The molecule has 2 nitrogen and oxygen atoms in total. The Kier molecular flexibility index (Phi) is 4.62. The number of fused-ring (bicyclic) bond motifs is 1. The van der Waals surface area contributed by atoms with Gasteiger partial charge >= 0.3 is 0 Å². The van der Waals surface area contributed by atoms with Gasteiger partial charge in [-0.15, -0.1) is 0 Å². The van der Waals surface area contributed by atoms with Gasteiger partial charge in [0.2, 0.25) is 0 Å². The van der Waals surface area contributed by atoms with Crippen LogP contribution >= 0.6 is 0 Å². The molecule has 1 unspecified atom stereocenters. The monoisotopic (exact) mass is 272 g/mol. The molecule has 2 heteroatoms. The predicted octanol–water partition coefficient (Wildman–Crippen LogP) is 3.90. The summed E-state index contributed by atoms with van der Waals surface area (Å²) >= 11 is 0. The fourth-order valence-corrected chi connectivity index (χ4v) is 3.74. The summed E-state index contributed by atoms with van der Waals surface area (Å²) in [6.45, 7) is 3.47. The molecule has 0 radical (unpaired) electrons. The van der Waals surface area contributed by atoms with Gasteiger partial charge in [0.1, 0.15) is 0 Å². The lowest BCUT2D eigenvalue weighted by molar-refractivity contribution is 0.343. The van der Waals surface area contributed by atoms with Crippen LogP contribution in [0.5, 0.6) is 0 Å². The Bertz CT molecular complexity index is 435. The minimum Gasteiger partial charge on any atom is -0.385 e. The van der Waals surface area contributed by atoms with Crippen molar-refractivity contribution < 1.29 is 0 Å². The van der Waals surface area contributed by atoms with Gasteiger partial charge in [0, 0.05) is 24.3 Å². The lowest BCUT2D eigenvalue weighted by Crippen LogP contribution is -2.38. The minimum atomic E-state index is 0.590. The number of hydrogen-bond donors (Lipinski definition) is 2. The summed E-state index contributed by atoms with van der Waals surface area (Å²) < 4.78 is 0. The molecule has 2 N–H and O–H groups in total. The van der Waals surface area contributed by atoms with Crippen molar-refractivity contribution in [3.63, 3.8) is 0 Å². The van der Waals surface area contributed by atoms with Gasteiger partial charge in [-0.2, -0.15) is 0 Å². The van der Waals surface area contributed by atoms with E-state index in [0.29, 0.717) is 6.04 Å². The average molecular weight is 272 g/mol. The van der Waals surface area contributed by atoms with Crippen LogP contribution in [0.4, 0.5) is 5.69 Å². The van der Waals surface area contributed by atoms with E-state index in [4.69, 9.17) is 0 Å². The summed E-state index contributed by atoms with van der Waals surface area (Å²) in [5.41, 5.74) is 4.36. The zero-order valence-corrected chi connectivity index (χ0v) is 12.8. The highest BCUT2D eigenvalue weighted by Gasteiger charge is 2.16. The molecule has 1 atom stereocenters. The molecule has 2 aliphatic rings. The third kappa shape index (κ3) is 3.54. The molecule has 0 aromatic heterocycles. The van der Waals surface area contributed by atoms with Crippen LogP contribution in [0.2, 0.25) is 0 Å². The van der Waals surface area contributed by atoms with E-state index in [1.54, 1.807) is 0 Å². The van der Waals surface area contributed by atoms with E-state index < -0.39 is 0 Å². The summed E-state index contributed by atoms with van der Waals surface area (Å²) in [6.07, 6.45) is 10.7. The van der Waals surface area contributed by atoms with Crippen molar-refractivity contribution >= 4 is 5.69 Å². The molecular formula is C18H28N2. The van der Waals surface area contributed by atoms with Gasteiger partial charge in [-0.05, 0) is 56.2 Å². The lowest BCUT2D eigenvalue weighted by Gasteiger charge is -2.27. The number of aryl methyl sites for hydroxylation is 1. The van der Waals surface area contributed by atoms with Gasteiger partial charge < -0.3 is 10.6 Å². The summed E-state index contributed by atoms with van der Waals surface area (Å²) in [4.78, 5) is 0. The standard InChI is InChI=1S/C18H28N2/c1-14(20-17-7-3-2-4-8-17)12-15-9-10-18-16(13-15)6-5-11-19-18/h9-10,13-14,17,19-20H,2-8,11-12H2,1H3. The molecule has 0 amide bonds. The molecule has 1 fully saturated rings. The number of benzene rings is 1. The molecule has 1 saturated carbocycles. The van der Waals surface area contributed by atoms with Gasteiger partial charge in [-0.1, -0.05) is 31.4 Å². The molecule has 1 aromatic rings. The van der Waals surface area contributed by atoms with Crippen molar-refractivity contribution in [3.8, 4) is 0 Å². The van der Waals surface area contributed by atoms with Gasteiger partial charge in [0.25, 0.3) is 0 Å². The zero-order valence-electron chi connectivity index (χ0n) is 12.8. The molecule has 0 saturated heterocycles. The fourth-order valence-electron chi connectivity index (χ4n) is 3.74. The topological polar surface area (TPSA) is 24.1 Å². The van der Waals surface area contributed by atoms with Gasteiger partial charge in [-0.3, -0.25) is 0 Å². The Morgan fingerprint density at radius 2 is 2.05 bits per heavy atom. The normalized spacial score (nSPS) is 21.1. The van der Waals surface area contributed by atoms with Crippen molar-refractivity contribution in [3.05, 3.63) is 29.3 Å². The molecule has 0 spiro atoms. The maximum atomic E-state index is 3.83. The van der Waals surface area contributed by atoms with Crippen LogP contribution in [-0.2, 0) is 12.8 Å². The van der Waals surface area contributed by atoms with E-state index >= 15 is 0 Å². The first-order chi connectivity index (χ1) is 9.81. The summed E-state index contributed by atoms with van der Waals surface area (Å²) in [7, 11) is 0. The number of hydrogen-bond acceptors (Lipinski definition) is 2. The molecule has 20 heavy (non-hydrogen) atoms. The van der Waals surface area contributed by atoms with Crippen LogP contribution in [0.15, 0.2) is 18.2 Å². The quantitative estimate of drug-likeness (QED) is 0.868. The Balaban J connectivity index is 1.56. The van der Waals surface area contributed by atoms with Crippen molar-refractivity contribution in [1.29, 1.82) is 0 Å². The average Bonchev–Trinajstić information content (AvgIpc) is 2.48. The summed E-state index contributed by atoms with van der Waals surface area (Å²) in [5.74, 6) is 0. The maximum Gasteiger partial charge on any atom is 0.0372 e. The van der Waals surface area contributed by atoms with E-state index in [0.717, 1.165) is 19.0 Å². The molecule has 110 valence electrons. The first kappa shape index (κ1) is 13.9. The van der Waals surface area contributed by atoms with Crippen molar-refractivity contribution in [2.75, 3.05) is 11.9 Å². The zero-order chi connectivity index (χ0) is 13.8. The van der Waals surface area contributed by atoms with Crippen LogP contribution in [0.25, 0.3) is 0 Å². The SMILES string of the molecule is CC(Cc1ccc2c(c1)CCCN2)NC1CCCCC1. The highest BCUT2D eigenvalue weighted by atomic mass is 14.9. The van der Waals surface area contributed by atoms with E-state index in [1.807, 2.05) is 0 Å². The smallest absolute Gasteiger partial charge is 0.0372 e. The Morgan fingerprint density at radius 3 is 2.90 bits per heavy atom. The Morgan fingerprint density at radius 1 is 1.20 bits per heavy atom. The second-order valence-electron chi connectivity index (χ2n) is 6.63. The van der Waals surface area contributed by atoms with E-state index in [9.17, 15) is 0 Å². The third-order valence-electron chi connectivity index (χ3n) is 4.78. The first-order valence-corrected chi connectivity index (χ1v) is 8.43. The molecule has 1 aliphatic carbocycles. The largest absolute Gasteiger partial charge is 0.385 e. The molecular weight excluding hydrogens is 244 g/mol. The second-order valence-corrected chi connectivity index (χ2v) is 6.63. The van der Waals surface area contributed by atoms with Crippen LogP contribution in [-0.4, -0.2) is 18.6 Å². The van der Waals surface area contributed by atoms with E-state index in [-0.39, 0.29) is 0 Å². The van der Waals surface area contributed by atoms with Crippen LogP contribution in [0, 0.1) is 0 Å². The molecule has 3 rings (SSSR count). The predicted molar refractivity (Wildman–Crippen MR) is 86.4 cm³/mol. The second kappa shape index (κ2) is 6.62. The Hall–Kier alpha value is -1.02. The van der Waals surface area contributed by atoms with Crippen LogP contribution in [0.3, 0.4) is 0 Å². The molecule has 1 heterocycles. The van der Waals surface area contributed by atoms with Gasteiger partial charge in [-0.25, -0.2) is 0 Å². The fraction of sp³-hybridized carbons (Fsp3) is 0.667. The van der Waals surface area contributed by atoms with Crippen molar-refractivity contribution in [2.45, 2.75) is 70.4 Å². The Labute approximate surface area is 123 Å². The first-order valence-electron chi connectivity index (χ1n) is 8.43. The highest BCUT2D eigenvalue weighted by Crippen LogP contribution is 2.24. The number of nitrogens with one attached hydrogen (secondary N) is 2. The summed E-state index contributed by atoms with van der Waals surface area (Å²) in [6, 6.07) is 8.35. The lowest BCUT2D eigenvalue weighted by atomic mass is 9.93. The van der Waals surface area contributed by atoms with Crippen molar-refractivity contribution in [1.82, 2.24) is 5.32 Å². The molecule has 0 bridgehead atoms. The highest BCUT2D eigenvalue weighted by molar-refractivity contribution is 5.54. The molecule has 1 aliphatic heterocycles. The summed E-state index contributed by atoms with van der Waals surface area (Å²) in [5, 5.41) is 7.32. The number of rotatable bonds is 4. The van der Waals surface area contributed by atoms with Gasteiger partial charge in [0.05, 0.1) is 0 Å². The van der Waals surface area contributed by atoms with Crippen LogP contribution in [0.1, 0.15) is 56.6 Å².